The number of anilines is 1. The van der Waals surface area contributed by atoms with Crippen LogP contribution in [0.3, 0.4) is 0 Å². The SMILES string of the molecule is CC(C)C(=O)COc1cccc(N(C)C)c1. The molecular formula is C13H19NO2. The van der Waals surface area contributed by atoms with Crippen molar-refractivity contribution in [2.24, 2.45) is 5.92 Å². The van der Waals surface area contributed by atoms with Crippen LogP contribution in [0, 0.1) is 5.92 Å². The van der Waals surface area contributed by atoms with Gasteiger partial charge < -0.3 is 9.64 Å². The largest absolute Gasteiger partial charge is 0.486 e. The molecule has 0 saturated heterocycles. The summed E-state index contributed by atoms with van der Waals surface area (Å²) in [6.07, 6.45) is 0. The molecule has 0 heterocycles. The summed E-state index contributed by atoms with van der Waals surface area (Å²) in [4.78, 5) is 13.4. The highest BCUT2D eigenvalue weighted by atomic mass is 16.5. The zero-order valence-electron chi connectivity index (χ0n) is 10.4. The second-order valence-corrected chi connectivity index (χ2v) is 4.30. The maximum atomic E-state index is 11.4. The van der Waals surface area contributed by atoms with Crippen molar-refractivity contribution in [3.63, 3.8) is 0 Å². The fourth-order valence-electron chi connectivity index (χ4n) is 1.17. The van der Waals surface area contributed by atoms with Gasteiger partial charge in [-0.2, -0.15) is 0 Å². The molecule has 0 unspecified atom stereocenters. The average molecular weight is 221 g/mol. The number of ether oxygens (including phenoxy) is 1. The molecule has 0 radical (unpaired) electrons. The third kappa shape index (κ3) is 3.57. The lowest BCUT2D eigenvalue weighted by Crippen LogP contribution is -2.17. The van der Waals surface area contributed by atoms with Gasteiger partial charge in [0.05, 0.1) is 0 Å². The molecule has 1 aromatic rings. The number of rotatable bonds is 5. The molecule has 0 aromatic heterocycles. The van der Waals surface area contributed by atoms with Crippen LogP contribution in [-0.4, -0.2) is 26.5 Å². The fourth-order valence-corrected chi connectivity index (χ4v) is 1.17. The number of ketones is 1. The maximum absolute atomic E-state index is 11.4. The maximum Gasteiger partial charge on any atom is 0.172 e. The minimum atomic E-state index is 0.0250. The van der Waals surface area contributed by atoms with Gasteiger partial charge in [0, 0.05) is 31.8 Å². The van der Waals surface area contributed by atoms with E-state index in [0.29, 0.717) is 0 Å². The monoisotopic (exact) mass is 221 g/mol. The molecule has 0 aliphatic carbocycles. The van der Waals surface area contributed by atoms with Crippen molar-refractivity contribution in [1.82, 2.24) is 0 Å². The first-order valence-electron chi connectivity index (χ1n) is 5.43. The molecule has 0 saturated carbocycles. The summed E-state index contributed by atoms with van der Waals surface area (Å²) < 4.78 is 5.44. The summed E-state index contributed by atoms with van der Waals surface area (Å²) in [5, 5.41) is 0. The number of carbonyl (C=O) groups excluding carboxylic acids is 1. The first-order valence-corrected chi connectivity index (χ1v) is 5.43. The Kier molecular flexibility index (Phi) is 4.35. The van der Waals surface area contributed by atoms with Crippen LogP contribution in [0.15, 0.2) is 24.3 Å². The van der Waals surface area contributed by atoms with Crippen LogP contribution in [0.4, 0.5) is 5.69 Å². The first-order chi connectivity index (χ1) is 7.50. The van der Waals surface area contributed by atoms with Gasteiger partial charge in [0.25, 0.3) is 0 Å². The lowest BCUT2D eigenvalue weighted by Gasteiger charge is -2.14. The number of Topliss-reactive ketones (excluding diaryl/α,β-unsaturated/α-hetero) is 1. The summed E-state index contributed by atoms with van der Waals surface area (Å²) in [5.74, 6) is 0.882. The summed E-state index contributed by atoms with van der Waals surface area (Å²) in [7, 11) is 3.94. The van der Waals surface area contributed by atoms with Crippen molar-refractivity contribution >= 4 is 11.5 Å². The van der Waals surface area contributed by atoms with Crippen LogP contribution in [0.2, 0.25) is 0 Å². The summed E-state index contributed by atoms with van der Waals surface area (Å²) >= 11 is 0. The predicted molar refractivity (Wildman–Crippen MR) is 66.1 cm³/mol. The second kappa shape index (κ2) is 5.54. The van der Waals surface area contributed by atoms with E-state index in [1.54, 1.807) is 0 Å². The van der Waals surface area contributed by atoms with Gasteiger partial charge in [0.1, 0.15) is 12.4 Å². The molecule has 1 aromatic carbocycles. The van der Waals surface area contributed by atoms with E-state index in [-0.39, 0.29) is 18.3 Å². The van der Waals surface area contributed by atoms with Gasteiger partial charge in [-0.25, -0.2) is 0 Å². The van der Waals surface area contributed by atoms with Gasteiger partial charge in [0.2, 0.25) is 0 Å². The first kappa shape index (κ1) is 12.6. The highest BCUT2D eigenvalue weighted by Crippen LogP contribution is 2.19. The highest BCUT2D eigenvalue weighted by molar-refractivity contribution is 5.81. The minimum Gasteiger partial charge on any atom is -0.486 e. The number of hydrogen-bond acceptors (Lipinski definition) is 3. The zero-order valence-corrected chi connectivity index (χ0v) is 10.4. The van der Waals surface area contributed by atoms with E-state index >= 15 is 0 Å². The lowest BCUT2D eigenvalue weighted by atomic mass is 10.1. The van der Waals surface area contributed by atoms with Crippen LogP contribution in [0.5, 0.6) is 5.75 Å². The van der Waals surface area contributed by atoms with Gasteiger partial charge >= 0.3 is 0 Å². The van der Waals surface area contributed by atoms with Crippen LogP contribution in [0.1, 0.15) is 13.8 Å². The molecule has 16 heavy (non-hydrogen) atoms. The Hall–Kier alpha value is -1.51. The average Bonchev–Trinajstić information content (AvgIpc) is 2.26. The van der Waals surface area contributed by atoms with E-state index in [0.717, 1.165) is 11.4 Å². The smallest absolute Gasteiger partial charge is 0.172 e. The Morgan fingerprint density at radius 2 is 2.06 bits per heavy atom. The van der Waals surface area contributed by atoms with Gasteiger partial charge in [-0.05, 0) is 12.1 Å². The van der Waals surface area contributed by atoms with E-state index in [2.05, 4.69) is 0 Å². The van der Waals surface area contributed by atoms with Crippen molar-refractivity contribution in [2.75, 3.05) is 25.6 Å². The van der Waals surface area contributed by atoms with E-state index < -0.39 is 0 Å². The Balaban J connectivity index is 2.61. The number of hydrogen-bond donors (Lipinski definition) is 0. The third-order valence-corrected chi connectivity index (χ3v) is 2.36. The van der Waals surface area contributed by atoms with Gasteiger partial charge in [0.15, 0.2) is 5.78 Å². The van der Waals surface area contributed by atoms with E-state index in [9.17, 15) is 4.79 Å². The van der Waals surface area contributed by atoms with Crippen molar-refractivity contribution in [1.29, 1.82) is 0 Å². The standard InChI is InChI=1S/C13H19NO2/c1-10(2)13(15)9-16-12-7-5-6-11(8-12)14(3)4/h5-8,10H,9H2,1-4H3. The molecule has 3 nitrogen and oxygen atoms in total. The van der Waals surface area contributed by atoms with Gasteiger partial charge in [-0.1, -0.05) is 19.9 Å². The normalized spacial score (nSPS) is 10.3. The third-order valence-electron chi connectivity index (χ3n) is 2.36. The fraction of sp³-hybridized carbons (Fsp3) is 0.462. The Morgan fingerprint density at radius 1 is 1.38 bits per heavy atom. The van der Waals surface area contributed by atoms with Gasteiger partial charge in [-0.15, -0.1) is 0 Å². The van der Waals surface area contributed by atoms with Crippen LogP contribution in [0.25, 0.3) is 0 Å². The van der Waals surface area contributed by atoms with E-state index in [1.807, 2.05) is 57.1 Å². The van der Waals surface area contributed by atoms with Crippen molar-refractivity contribution in [2.45, 2.75) is 13.8 Å². The highest BCUT2D eigenvalue weighted by Gasteiger charge is 2.08. The molecule has 0 aliphatic rings. The quantitative estimate of drug-likeness (QED) is 0.764. The molecule has 0 aliphatic heterocycles. The summed E-state index contributed by atoms with van der Waals surface area (Å²) in [5.41, 5.74) is 1.06. The zero-order chi connectivity index (χ0) is 12.1. The molecule has 0 amide bonds. The lowest BCUT2D eigenvalue weighted by molar-refractivity contribution is -0.123. The van der Waals surface area contributed by atoms with Crippen LogP contribution >= 0.6 is 0 Å². The molecule has 0 spiro atoms. The Bertz CT molecular complexity index is 359. The Morgan fingerprint density at radius 3 is 2.62 bits per heavy atom. The molecule has 88 valence electrons. The summed E-state index contributed by atoms with van der Waals surface area (Å²) in [6.45, 7) is 3.90. The van der Waals surface area contributed by atoms with Crippen molar-refractivity contribution in [3.8, 4) is 5.75 Å². The Labute approximate surface area is 97.0 Å². The minimum absolute atomic E-state index is 0.0250. The molecule has 0 atom stereocenters. The molecule has 0 N–H and O–H groups in total. The van der Waals surface area contributed by atoms with Crippen molar-refractivity contribution < 1.29 is 9.53 Å². The second-order valence-electron chi connectivity index (χ2n) is 4.30. The predicted octanol–water partition coefficient (Wildman–Crippen LogP) is 2.36. The molecule has 3 heteroatoms. The molecule has 0 fully saturated rings. The number of benzene rings is 1. The molecule has 1 rings (SSSR count). The molecular weight excluding hydrogens is 202 g/mol. The van der Waals surface area contributed by atoms with E-state index in [4.69, 9.17) is 4.74 Å². The van der Waals surface area contributed by atoms with Gasteiger partial charge in [-0.3, -0.25) is 4.79 Å². The molecule has 0 bridgehead atoms. The van der Waals surface area contributed by atoms with Crippen LogP contribution in [-0.2, 0) is 4.79 Å². The topological polar surface area (TPSA) is 29.5 Å². The van der Waals surface area contributed by atoms with E-state index in [1.165, 1.54) is 0 Å². The number of nitrogens with zero attached hydrogens (tertiary/aromatic N) is 1. The van der Waals surface area contributed by atoms with Crippen molar-refractivity contribution in [3.05, 3.63) is 24.3 Å². The van der Waals surface area contributed by atoms with Crippen LogP contribution < -0.4 is 9.64 Å². The number of carbonyl (C=O) groups is 1. The summed E-state index contributed by atoms with van der Waals surface area (Å²) in [6, 6.07) is 7.70.